The first-order valence-corrected chi connectivity index (χ1v) is 7.70. The molecule has 5 heteroatoms. The summed E-state index contributed by atoms with van der Waals surface area (Å²) in [6, 6.07) is 23.6. The number of rotatable bonds is 4. The summed E-state index contributed by atoms with van der Waals surface area (Å²) in [5.74, 6) is -2.05. The van der Waals surface area contributed by atoms with E-state index in [0.29, 0.717) is 0 Å². The Morgan fingerprint density at radius 1 is 0.462 bits per heavy atom. The van der Waals surface area contributed by atoms with Crippen LogP contribution in [0.25, 0.3) is 0 Å². The smallest absolute Gasteiger partial charge is 0.335 e. The molecule has 0 aliphatic carbocycles. The molecule has 0 radical (unpaired) electrons. The summed E-state index contributed by atoms with van der Waals surface area (Å²) >= 11 is 0. The maximum Gasteiger partial charge on any atom is 0.335 e. The highest BCUT2D eigenvalue weighted by molar-refractivity contribution is 6.08. The molecule has 0 heterocycles. The van der Waals surface area contributed by atoms with Crippen LogP contribution in [0.15, 0.2) is 84.9 Å². The third kappa shape index (κ3) is 5.14. The van der Waals surface area contributed by atoms with Crippen LogP contribution >= 0.6 is 0 Å². The Bertz CT molecular complexity index is 810. The van der Waals surface area contributed by atoms with Crippen molar-refractivity contribution in [3.63, 3.8) is 0 Å². The Balaban J connectivity index is 0.000000190. The first-order chi connectivity index (χ1) is 12.5. The van der Waals surface area contributed by atoms with Gasteiger partial charge >= 0.3 is 11.9 Å². The Morgan fingerprint density at radius 2 is 0.769 bits per heavy atom. The van der Waals surface area contributed by atoms with Crippen LogP contribution in [0.4, 0.5) is 0 Å². The number of hydrogen-bond acceptors (Lipinski definition) is 3. The van der Waals surface area contributed by atoms with Crippen molar-refractivity contribution in [1.82, 2.24) is 0 Å². The summed E-state index contributed by atoms with van der Waals surface area (Å²) in [5, 5.41) is 16.9. The van der Waals surface area contributed by atoms with Crippen LogP contribution in [0.2, 0.25) is 0 Å². The SMILES string of the molecule is O=C(O)c1ccc(C(=O)O)cc1.O=C(c1ccccc1)c1ccccc1. The van der Waals surface area contributed by atoms with Gasteiger partial charge < -0.3 is 10.2 Å². The van der Waals surface area contributed by atoms with Gasteiger partial charge in [0.05, 0.1) is 11.1 Å². The van der Waals surface area contributed by atoms with Gasteiger partial charge in [-0.3, -0.25) is 4.79 Å². The molecule has 3 aromatic carbocycles. The van der Waals surface area contributed by atoms with Crippen molar-refractivity contribution in [3.8, 4) is 0 Å². The monoisotopic (exact) mass is 348 g/mol. The zero-order chi connectivity index (χ0) is 18.9. The molecule has 0 unspecified atom stereocenters. The summed E-state index contributed by atoms with van der Waals surface area (Å²) in [4.78, 5) is 32.5. The molecule has 0 bridgehead atoms. The lowest BCUT2D eigenvalue weighted by Crippen LogP contribution is -1.99. The summed E-state index contributed by atoms with van der Waals surface area (Å²) < 4.78 is 0. The number of benzene rings is 3. The first kappa shape index (κ1) is 18.6. The predicted octanol–water partition coefficient (Wildman–Crippen LogP) is 4.00. The van der Waals surface area contributed by atoms with Gasteiger partial charge in [-0.05, 0) is 24.3 Å². The third-order valence-electron chi connectivity index (χ3n) is 3.45. The second-order valence-electron chi connectivity index (χ2n) is 5.25. The van der Waals surface area contributed by atoms with E-state index in [1.54, 1.807) is 0 Å². The van der Waals surface area contributed by atoms with E-state index in [9.17, 15) is 14.4 Å². The molecular formula is C21H16O5. The number of carbonyl (C=O) groups is 3. The Morgan fingerprint density at radius 3 is 1.04 bits per heavy atom. The second kappa shape index (κ2) is 8.94. The zero-order valence-corrected chi connectivity index (χ0v) is 13.7. The number of hydrogen-bond donors (Lipinski definition) is 2. The quantitative estimate of drug-likeness (QED) is 0.695. The van der Waals surface area contributed by atoms with Gasteiger partial charge in [0.15, 0.2) is 5.78 Å². The van der Waals surface area contributed by atoms with Crippen LogP contribution < -0.4 is 0 Å². The minimum absolute atomic E-state index is 0.0752. The molecule has 0 saturated heterocycles. The Hall–Kier alpha value is -3.73. The number of carboxylic acid groups (broad SMARTS) is 2. The van der Waals surface area contributed by atoms with Gasteiger partial charge in [-0.25, -0.2) is 9.59 Å². The van der Waals surface area contributed by atoms with Gasteiger partial charge in [-0.1, -0.05) is 60.7 Å². The van der Waals surface area contributed by atoms with Crippen LogP contribution in [0.1, 0.15) is 36.6 Å². The van der Waals surface area contributed by atoms with Crippen molar-refractivity contribution in [1.29, 1.82) is 0 Å². The lowest BCUT2D eigenvalue weighted by atomic mass is 10.0. The number of aromatic carboxylic acids is 2. The van der Waals surface area contributed by atoms with Gasteiger partial charge in [0, 0.05) is 11.1 Å². The van der Waals surface area contributed by atoms with Crippen LogP contribution in [-0.4, -0.2) is 27.9 Å². The molecule has 0 aromatic heterocycles. The lowest BCUT2D eigenvalue weighted by Gasteiger charge is -1.99. The second-order valence-corrected chi connectivity index (χ2v) is 5.25. The molecule has 0 aliphatic heterocycles. The van der Waals surface area contributed by atoms with E-state index in [-0.39, 0.29) is 16.9 Å². The predicted molar refractivity (Wildman–Crippen MR) is 96.7 cm³/mol. The summed E-state index contributed by atoms with van der Waals surface area (Å²) in [6.07, 6.45) is 0. The number of carboxylic acids is 2. The van der Waals surface area contributed by atoms with E-state index >= 15 is 0 Å². The molecular weight excluding hydrogens is 332 g/mol. The minimum Gasteiger partial charge on any atom is -0.478 e. The summed E-state index contributed by atoms with van der Waals surface area (Å²) in [5.41, 5.74) is 1.64. The van der Waals surface area contributed by atoms with Crippen molar-refractivity contribution in [2.24, 2.45) is 0 Å². The van der Waals surface area contributed by atoms with Gasteiger partial charge in [-0.15, -0.1) is 0 Å². The molecule has 0 amide bonds. The largest absolute Gasteiger partial charge is 0.478 e. The van der Waals surface area contributed by atoms with Gasteiger partial charge in [0.2, 0.25) is 0 Å². The van der Waals surface area contributed by atoms with E-state index in [0.717, 1.165) is 11.1 Å². The van der Waals surface area contributed by atoms with Crippen LogP contribution in [-0.2, 0) is 0 Å². The number of ketones is 1. The van der Waals surface area contributed by atoms with E-state index in [2.05, 4.69) is 0 Å². The highest BCUT2D eigenvalue weighted by Gasteiger charge is 2.06. The number of carbonyl (C=O) groups excluding carboxylic acids is 1. The van der Waals surface area contributed by atoms with Gasteiger partial charge in [0.25, 0.3) is 0 Å². The molecule has 130 valence electrons. The first-order valence-electron chi connectivity index (χ1n) is 7.70. The lowest BCUT2D eigenvalue weighted by molar-refractivity contribution is 0.0681. The molecule has 3 aromatic rings. The average Bonchev–Trinajstić information content (AvgIpc) is 2.69. The van der Waals surface area contributed by atoms with Crippen molar-refractivity contribution < 1.29 is 24.6 Å². The zero-order valence-electron chi connectivity index (χ0n) is 13.7. The maximum absolute atomic E-state index is 11.8. The van der Waals surface area contributed by atoms with Crippen molar-refractivity contribution in [2.75, 3.05) is 0 Å². The molecule has 0 saturated carbocycles. The molecule has 0 spiro atoms. The fraction of sp³-hybridized carbons (Fsp3) is 0. The van der Waals surface area contributed by atoms with E-state index in [1.807, 2.05) is 60.7 Å². The van der Waals surface area contributed by atoms with E-state index < -0.39 is 11.9 Å². The molecule has 2 N–H and O–H groups in total. The fourth-order valence-electron chi connectivity index (χ4n) is 2.10. The van der Waals surface area contributed by atoms with E-state index in [4.69, 9.17) is 10.2 Å². The molecule has 3 rings (SSSR count). The molecule has 0 fully saturated rings. The van der Waals surface area contributed by atoms with Gasteiger partial charge in [-0.2, -0.15) is 0 Å². The van der Waals surface area contributed by atoms with Crippen molar-refractivity contribution >= 4 is 17.7 Å². The highest BCUT2D eigenvalue weighted by atomic mass is 16.4. The highest BCUT2D eigenvalue weighted by Crippen LogP contribution is 2.08. The maximum atomic E-state index is 11.8. The van der Waals surface area contributed by atoms with Crippen LogP contribution in [0, 0.1) is 0 Å². The van der Waals surface area contributed by atoms with Crippen LogP contribution in [0.5, 0.6) is 0 Å². The van der Waals surface area contributed by atoms with Crippen molar-refractivity contribution in [3.05, 3.63) is 107 Å². The minimum atomic E-state index is -1.06. The van der Waals surface area contributed by atoms with Gasteiger partial charge in [0.1, 0.15) is 0 Å². The molecule has 0 aliphatic rings. The topological polar surface area (TPSA) is 91.7 Å². The fourth-order valence-corrected chi connectivity index (χ4v) is 2.10. The molecule has 0 atom stereocenters. The summed E-state index contributed by atoms with van der Waals surface area (Å²) in [6.45, 7) is 0. The third-order valence-corrected chi connectivity index (χ3v) is 3.45. The Labute approximate surface area is 150 Å². The van der Waals surface area contributed by atoms with E-state index in [1.165, 1.54) is 24.3 Å². The van der Waals surface area contributed by atoms with Crippen molar-refractivity contribution in [2.45, 2.75) is 0 Å². The Kier molecular flexibility index (Phi) is 6.40. The average molecular weight is 348 g/mol. The molecule has 5 nitrogen and oxygen atoms in total. The normalized spacial score (nSPS) is 9.54. The summed E-state index contributed by atoms with van der Waals surface area (Å²) in [7, 11) is 0. The standard InChI is InChI=1S/C13H10O.C8H6O4/c14-13(11-7-3-1-4-8-11)12-9-5-2-6-10-12;9-7(10)5-1-2-6(4-3-5)8(11)12/h1-10H;1-4H,(H,9,10)(H,11,12). The molecule has 26 heavy (non-hydrogen) atoms. The van der Waals surface area contributed by atoms with Crippen LogP contribution in [0.3, 0.4) is 0 Å².